The Kier molecular flexibility index (Phi) is 4.95. The third-order valence-electron chi connectivity index (χ3n) is 0.862. The highest BCUT2D eigenvalue weighted by atomic mass is 17.1. The van der Waals surface area contributed by atoms with Gasteiger partial charge >= 0.3 is 0 Å². The molecule has 2 N–H and O–H groups in total. The van der Waals surface area contributed by atoms with E-state index in [0.717, 1.165) is 6.54 Å². The van der Waals surface area contributed by atoms with Gasteiger partial charge in [0.2, 0.25) is 0 Å². The standard InChI is InChI=1S/C5H13NO2/c1-3-6-4-5(2)8-7/h5-7H,3-4H2,1-2H3. The van der Waals surface area contributed by atoms with Crippen LogP contribution in [0, 0.1) is 0 Å². The van der Waals surface area contributed by atoms with E-state index in [4.69, 9.17) is 5.26 Å². The lowest BCUT2D eigenvalue weighted by Gasteiger charge is -2.05. The van der Waals surface area contributed by atoms with Gasteiger partial charge < -0.3 is 5.32 Å². The van der Waals surface area contributed by atoms with Gasteiger partial charge in [-0.1, -0.05) is 6.92 Å². The lowest BCUT2D eigenvalue weighted by molar-refractivity contribution is -0.272. The molecule has 8 heavy (non-hydrogen) atoms. The second-order valence-electron chi connectivity index (χ2n) is 1.72. The fourth-order valence-corrected chi connectivity index (χ4v) is 0.385. The van der Waals surface area contributed by atoms with Crippen molar-refractivity contribution in [2.75, 3.05) is 13.1 Å². The average molecular weight is 119 g/mol. The first-order valence-corrected chi connectivity index (χ1v) is 2.82. The number of hydrogen-bond acceptors (Lipinski definition) is 3. The number of rotatable bonds is 4. The number of likely N-dealkylation sites (N-methyl/N-ethyl adjacent to an activating group) is 1. The predicted molar refractivity (Wildman–Crippen MR) is 31.7 cm³/mol. The summed E-state index contributed by atoms with van der Waals surface area (Å²) in [5, 5.41) is 11.0. The maximum Gasteiger partial charge on any atom is 0.102 e. The maximum atomic E-state index is 8.02. The first-order valence-electron chi connectivity index (χ1n) is 2.82. The molecule has 0 saturated heterocycles. The average Bonchev–Trinajstić information content (AvgIpc) is 1.83. The van der Waals surface area contributed by atoms with Crippen LogP contribution in [-0.4, -0.2) is 24.5 Å². The summed E-state index contributed by atoms with van der Waals surface area (Å²) in [7, 11) is 0. The van der Waals surface area contributed by atoms with Crippen molar-refractivity contribution in [1.29, 1.82) is 0 Å². The molecule has 1 unspecified atom stereocenters. The molecule has 0 amide bonds. The predicted octanol–water partition coefficient (Wildman–Crippen LogP) is 0.474. The summed E-state index contributed by atoms with van der Waals surface area (Å²) in [5.74, 6) is 0. The van der Waals surface area contributed by atoms with Crippen LogP contribution in [0.5, 0.6) is 0 Å². The summed E-state index contributed by atoms with van der Waals surface area (Å²) in [5.41, 5.74) is 0. The van der Waals surface area contributed by atoms with E-state index in [1.54, 1.807) is 6.92 Å². The maximum absolute atomic E-state index is 8.02. The topological polar surface area (TPSA) is 41.5 Å². The molecule has 0 aromatic carbocycles. The van der Waals surface area contributed by atoms with Crippen molar-refractivity contribution in [2.24, 2.45) is 0 Å². The van der Waals surface area contributed by atoms with Gasteiger partial charge in [-0.2, -0.15) is 0 Å². The minimum Gasteiger partial charge on any atom is -0.314 e. The fourth-order valence-electron chi connectivity index (χ4n) is 0.385. The van der Waals surface area contributed by atoms with Crippen LogP contribution in [0.1, 0.15) is 13.8 Å². The van der Waals surface area contributed by atoms with Crippen molar-refractivity contribution in [3.05, 3.63) is 0 Å². The SMILES string of the molecule is CCNCC(C)OO. The zero-order valence-corrected chi connectivity index (χ0v) is 5.35. The lowest BCUT2D eigenvalue weighted by Crippen LogP contribution is -2.25. The van der Waals surface area contributed by atoms with Gasteiger partial charge in [-0.05, 0) is 13.5 Å². The van der Waals surface area contributed by atoms with Crippen molar-refractivity contribution in [3.63, 3.8) is 0 Å². The quantitative estimate of drug-likeness (QED) is 0.417. The molecule has 3 nitrogen and oxygen atoms in total. The third-order valence-corrected chi connectivity index (χ3v) is 0.862. The molecule has 1 atom stereocenters. The summed E-state index contributed by atoms with van der Waals surface area (Å²) in [4.78, 5) is 3.99. The molecule has 0 aromatic rings. The molecule has 0 aliphatic heterocycles. The summed E-state index contributed by atoms with van der Waals surface area (Å²) < 4.78 is 0. The van der Waals surface area contributed by atoms with Crippen LogP contribution in [0.15, 0.2) is 0 Å². The van der Waals surface area contributed by atoms with Crippen molar-refractivity contribution in [2.45, 2.75) is 20.0 Å². The summed E-state index contributed by atoms with van der Waals surface area (Å²) >= 11 is 0. The summed E-state index contributed by atoms with van der Waals surface area (Å²) in [6.07, 6.45) is -0.102. The highest BCUT2D eigenvalue weighted by Crippen LogP contribution is 1.81. The molecule has 50 valence electrons. The zero-order chi connectivity index (χ0) is 6.41. The minimum atomic E-state index is -0.102. The van der Waals surface area contributed by atoms with E-state index in [-0.39, 0.29) is 6.10 Å². The first-order chi connectivity index (χ1) is 3.81. The van der Waals surface area contributed by atoms with Gasteiger partial charge in [0.15, 0.2) is 0 Å². The van der Waals surface area contributed by atoms with E-state index in [0.29, 0.717) is 6.54 Å². The molecule has 0 heterocycles. The Balaban J connectivity index is 2.86. The monoisotopic (exact) mass is 119 g/mol. The lowest BCUT2D eigenvalue weighted by atomic mass is 10.4. The Morgan fingerprint density at radius 3 is 2.75 bits per heavy atom. The van der Waals surface area contributed by atoms with Crippen molar-refractivity contribution in [1.82, 2.24) is 5.32 Å². The Labute approximate surface area is 49.6 Å². The van der Waals surface area contributed by atoms with Crippen LogP contribution in [0.25, 0.3) is 0 Å². The molecule has 0 saturated carbocycles. The van der Waals surface area contributed by atoms with Gasteiger partial charge in [0.05, 0.1) is 0 Å². The molecule has 3 heteroatoms. The number of hydrogen-bond donors (Lipinski definition) is 2. The van der Waals surface area contributed by atoms with Crippen LogP contribution in [0.2, 0.25) is 0 Å². The van der Waals surface area contributed by atoms with E-state index in [1.807, 2.05) is 6.92 Å². The smallest absolute Gasteiger partial charge is 0.102 e. The van der Waals surface area contributed by atoms with Crippen LogP contribution in [-0.2, 0) is 4.89 Å². The molecule has 0 aliphatic carbocycles. The van der Waals surface area contributed by atoms with Crippen molar-refractivity contribution in [3.8, 4) is 0 Å². The van der Waals surface area contributed by atoms with Crippen LogP contribution in [0.3, 0.4) is 0 Å². The van der Waals surface area contributed by atoms with Gasteiger partial charge in [0.1, 0.15) is 6.10 Å². The van der Waals surface area contributed by atoms with Gasteiger partial charge in [0.25, 0.3) is 0 Å². The number of nitrogens with one attached hydrogen (secondary N) is 1. The third kappa shape index (κ3) is 4.05. The fraction of sp³-hybridized carbons (Fsp3) is 1.00. The Morgan fingerprint density at radius 1 is 1.75 bits per heavy atom. The second kappa shape index (κ2) is 5.03. The van der Waals surface area contributed by atoms with E-state index in [1.165, 1.54) is 0 Å². The Morgan fingerprint density at radius 2 is 2.38 bits per heavy atom. The second-order valence-corrected chi connectivity index (χ2v) is 1.72. The highest BCUT2D eigenvalue weighted by Gasteiger charge is 1.96. The van der Waals surface area contributed by atoms with Gasteiger partial charge in [-0.15, -0.1) is 0 Å². The van der Waals surface area contributed by atoms with E-state index in [9.17, 15) is 0 Å². The van der Waals surface area contributed by atoms with E-state index in [2.05, 4.69) is 10.2 Å². The van der Waals surface area contributed by atoms with Crippen molar-refractivity contribution < 1.29 is 10.1 Å². The first kappa shape index (κ1) is 7.88. The highest BCUT2D eigenvalue weighted by molar-refractivity contribution is 4.49. The summed E-state index contributed by atoms with van der Waals surface area (Å²) in [6.45, 7) is 5.41. The van der Waals surface area contributed by atoms with Gasteiger partial charge in [0, 0.05) is 6.54 Å². The normalized spacial score (nSPS) is 13.9. The molecular weight excluding hydrogens is 106 g/mol. The largest absolute Gasteiger partial charge is 0.314 e. The van der Waals surface area contributed by atoms with Gasteiger partial charge in [-0.25, -0.2) is 4.89 Å². The Bertz CT molecular complexity index is 49.7. The summed E-state index contributed by atoms with van der Waals surface area (Å²) in [6, 6.07) is 0. The van der Waals surface area contributed by atoms with Crippen LogP contribution in [0.4, 0.5) is 0 Å². The van der Waals surface area contributed by atoms with E-state index >= 15 is 0 Å². The molecule has 0 rings (SSSR count). The van der Waals surface area contributed by atoms with Gasteiger partial charge in [-0.3, -0.25) is 5.26 Å². The molecular formula is C5H13NO2. The van der Waals surface area contributed by atoms with Crippen LogP contribution >= 0.6 is 0 Å². The molecule has 0 spiro atoms. The molecule has 0 radical (unpaired) electrons. The van der Waals surface area contributed by atoms with Crippen molar-refractivity contribution >= 4 is 0 Å². The molecule has 0 bridgehead atoms. The van der Waals surface area contributed by atoms with Crippen LogP contribution < -0.4 is 5.32 Å². The molecule has 0 fully saturated rings. The molecule has 0 aromatic heterocycles. The minimum absolute atomic E-state index is 0.102. The Hall–Kier alpha value is -0.120. The molecule has 0 aliphatic rings. The zero-order valence-electron chi connectivity index (χ0n) is 5.35. The van der Waals surface area contributed by atoms with E-state index < -0.39 is 0 Å².